The summed E-state index contributed by atoms with van der Waals surface area (Å²) in [5.74, 6) is -0.248. The summed E-state index contributed by atoms with van der Waals surface area (Å²) in [6.07, 6.45) is 1.29. The molecule has 2 rings (SSSR count). The van der Waals surface area contributed by atoms with Crippen molar-refractivity contribution < 1.29 is 34.2 Å². The summed E-state index contributed by atoms with van der Waals surface area (Å²) < 4.78 is 10.8. The first kappa shape index (κ1) is 23.6. The summed E-state index contributed by atoms with van der Waals surface area (Å²) in [5.41, 5.74) is 3.11. The van der Waals surface area contributed by atoms with Gasteiger partial charge < -0.3 is 14.6 Å². The predicted octanol–water partition coefficient (Wildman–Crippen LogP) is 3.00. The van der Waals surface area contributed by atoms with Crippen molar-refractivity contribution in [3.63, 3.8) is 0 Å². The topological polar surface area (TPSA) is 134 Å². The molecular weight excluding hydrogens is 404 g/mol. The van der Waals surface area contributed by atoms with E-state index in [1.807, 2.05) is 0 Å². The molecule has 0 spiro atoms. The van der Waals surface area contributed by atoms with Crippen LogP contribution in [0.4, 0.5) is 10.5 Å². The van der Waals surface area contributed by atoms with Crippen LogP contribution in [0.15, 0.2) is 60.7 Å². The Hall–Kier alpha value is -3.69. The SMILES string of the molecule is CC(=O)c1ccc(NC(=O)O[C@H](C/C=C/C(=O)NO)c2ccc(OCCO)cc2)cc1. The molecule has 0 radical (unpaired) electrons. The largest absolute Gasteiger partial charge is 0.491 e. The third-order valence-corrected chi connectivity index (χ3v) is 4.13. The van der Waals surface area contributed by atoms with Crippen LogP contribution >= 0.6 is 0 Å². The number of nitrogens with one attached hydrogen (secondary N) is 2. The summed E-state index contributed by atoms with van der Waals surface area (Å²) in [4.78, 5) is 34.9. The van der Waals surface area contributed by atoms with E-state index < -0.39 is 18.1 Å². The van der Waals surface area contributed by atoms with Gasteiger partial charge >= 0.3 is 6.09 Å². The molecule has 0 aliphatic rings. The molecule has 2 amide bonds. The van der Waals surface area contributed by atoms with E-state index in [-0.39, 0.29) is 25.4 Å². The van der Waals surface area contributed by atoms with Gasteiger partial charge in [-0.1, -0.05) is 18.2 Å². The first-order valence-electron chi connectivity index (χ1n) is 9.45. The molecule has 0 heterocycles. The average molecular weight is 428 g/mol. The van der Waals surface area contributed by atoms with Crippen LogP contribution in [0.2, 0.25) is 0 Å². The van der Waals surface area contributed by atoms with Crippen LogP contribution in [0, 0.1) is 0 Å². The number of carbonyl (C=O) groups is 3. The van der Waals surface area contributed by atoms with Crippen LogP contribution in [0.25, 0.3) is 0 Å². The molecule has 0 saturated carbocycles. The van der Waals surface area contributed by atoms with Gasteiger partial charge in [0.05, 0.1) is 6.61 Å². The second kappa shape index (κ2) is 12.1. The van der Waals surface area contributed by atoms with Gasteiger partial charge in [0.1, 0.15) is 18.5 Å². The number of hydrogen-bond donors (Lipinski definition) is 4. The molecule has 0 fully saturated rings. The fraction of sp³-hybridized carbons (Fsp3) is 0.227. The zero-order valence-electron chi connectivity index (χ0n) is 16.9. The van der Waals surface area contributed by atoms with Crippen molar-refractivity contribution in [2.75, 3.05) is 18.5 Å². The fourth-order valence-electron chi connectivity index (χ4n) is 2.60. The number of aliphatic hydroxyl groups excluding tert-OH is 1. The lowest BCUT2D eigenvalue weighted by Crippen LogP contribution is -2.18. The van der Waals surface area contributed by atoms with Gasteiger partial charge in [-0.15, -0.1) is 0 Å². The Morgan fingerprint density at radius 3 is 2.32 bits per heavy atom. The number of benzene rings is 2. The molecule has 164 valence electrons. The molecule has 2 aromatic carbocycles. The molecule has 1 atom stereocenters. The Bertz CT molecular complexity index is 908. The van der Waals surface area contributed by atoms with Crippen molar-refractivity contribution in [2.24, 2.45) is 0 Å². The van der Waals surface area contributed by atoms with Gasteiger partial charge in [0.25, 0.3) is 5.91 Å². The molecule has 9 heteroatoms. The van der Waals surface area contributed by atoms with Crippen LogP contribution in [-0.2, 0) is 9.53 Å². The molecule has 31 heavy (non-hydrogen) atoms. The van der Waals surface area contributed by atoms with E-state index in [0.29, 0.717) is 22.6 Å². The van der Waals surface area contributed by atoms with Crippen molar-refractivity contribution in [1.82, 2.24) is 5.48 Å². The van der Waals surface area contributed by atoms with Crippen LogP contribution in [-0.4, -0.2) is 41.3 Å². The maximum Gasteiger partial charge on any atom is 0.412 e. The molecule has 2 aromatic rings. The first-order chi connectivity index (χ1) is 14.9. The number of carbonyl (C=O) groups excluding carboxylic acids is 3. The van der Waals surface area contributed by atoms with Gasteiger partial charge in [0.2, 0.25) is 0 Å². The highest BCUT2D eigenvalue weighted by Gasteiger charge is 2.16. The van der Waals surface area contributed by atoms with Gasteiger partial charge in [-0.3, -0.25) is 20.1 Å². The summed E-state index contributed by atoms with van der Waals surface area (Å²) in [6, 6.07) is 13.1. The van der Waals surface area contributed by atoms with E-state index in [9.17, 15) is 14.4 Å². The molecule has 0 saturated heterocycles. The number of amides is 2. The van der Waals surface area contributed by atoms with Gasteiger partial charge in [-0.2, -0.15) is 0 Å². The number of rotatable bonds is 10. The second-order valence-electron chi connectivity index (χ2n) is 6.41. The van der Waals surface area contributed by atoms with Crippen LogP contribution in [0.3, 0.4) is 0 Å². The summed E-state index contributed by atoms with van der Waals surface area (Å²) in [7, 11) is 0. The van der Waals surface area contributed by atoms with E-state index in [2.05, 4.69) is 5.32 Å². The highest BCUT2D eigenvalue weighted by molar-refractivity contribution is 5.95. The van der Waals surface area contributed by atoms with Gasteiger partial charge in [0, 0.05) is 23.7 Å². The first-order valence-corrected chi connectivity index (χ1v) is 9.45. The van der Waals surface area contributed by atoms with Crippen molar-refractivity contribution in [2.45, 2.75) is 19.4 Å². The second-order valence-corrected chi connectivity index (χ2v) is 6.41. The number of Topliss-reactive ketones (excluding diaryl/α,β-unsaturated/α-hetero) is 1. The molecule has 0 bridgehead atoms. The average Bonchev–Trinajstić information content (AvgIpc) is 2.77. The van der Waals surface area contributed by atoms with Crippen molar-refractivity contribution in [1.29, 1.82) is 0 Å². The Kier molecular flexibility index (Phi) is 9.21. The van der Waals surface area contributed by atoms with Crippen LogP contribution in [0.5, 0.6) is 5.75 Å². The zero-order valence-corrected chi connectivity index (χ0v) is 16.9. The van der Waals surface area contributed by atoms with E-state index in [0.717, 1.165) is 6.08 Å². The molecule has 0 aliphatic heterocycles. The van der Waals surface area contributed by atoms with E-state index in [1.54, 1.807) is 48.5 Å². The number of ketones is 1. The zero-order chi connectivity index (χ0) is 22.6. The number of hydrogen-bond acceptors (Lipinski definition) is 7. The quantitative estimate of drug-likeness (QED) is 0.198. The van der Waals surface area contributed by atoms with Gasteiger partial charge in [-0.25, -0.2) is 10.3 Å². The van der Waals surface area contributed by atoms with Crippen LogP contribution < -0.4 is 15.5 Å². The molecule has 0 aliphatic carbocycles. The van der Waals surface area contributed by atoms with Crippen LogP contribution in [0.1, 0.15) is 35.4 Å². The van der Waals surface area contributed by atoms with Gasteiger partial charge in [0.15, 0.2) is 5.78 Å². The van der Waals surface area contributed by atoms with Crippen molar-refractivity contribution >= 4 is 23.5 Å². The Balaban J connectivity index is 2.09. The molecule has 9 nitrogen and oxygen atoms in total. The highest BCUT2D eigenvalue weighted by atomic mass is 16.6. The summed E-state index contributed by atoms with van der Waals surface area (Å²) in [6.45, 7) is 1.49. The Morgan fingerprint density at radius 2 is 1.74 bits per heavy atom. The molecule has 4 N–H and O–H groups in total. The van der Waals surface area contributed by atoms with E-state index >= 15 is 0 Å². The molecule has 0 unspecified atom stereocenters. The highest BCUT2D eigenvalue weighted by Crippen LogP contribution is 2.25. The number of ether oxygens (including phenoxy) is 2. The summed E-state index contributed by atoms with van der Waals surface area (Å²) in [5, 5.41) is 20.0. The number of anilines is 1. The molecule has 0 aromatic heterocycles. The van der Waals surface area contributed by atoms with Gasteiger partial charge in [-0.05, 0) is 48.9 Å². The maximum atomic E-state index is 12.4. The van der Waals surface area contributed by atoms with E-state index in [4.69, 9.17) is 19.8 Å². The minimum absolute atomic E-state index is 0.0840. The number of hydroxylamine groups is 1. The monoisotopic (exact) mass is 428 g/mol. The van der Waals surface area contributed by atoms with Crippen molar-refractivity contribution in [3.05, 3.63) is 71.8 Å². The summed E-state index contributed by atoms with van der Waals surface area (Å²) >= 11 is 0. The minimum Gasteiger partial charge on any atom is -0.491 e. The standard InChI is InChI=1S/C22H24N2O7/c1-15(26)16-5-9-18(10-6-16)23-22(28)31-20(3-2-4-21(27)24-29)17-7-11-19(12-8-17)30-14-13-25/h2,4-12,20,25,29H,3,13-14H2,1H3,(H,23,28)(H,24,27)/b4-2+/t20-/m1/s1. The van der Waals surface area contributed by atoms with Crippen molar-refractivity contribution in [3.8, 4) is 5.75 Å². The number of aliphatic hydroxyl groups is 1. The normalized spacial score (nSPS) is 11.6. The maximum absolute atomic E-state index is 12.4. The lowest BCUT2D eigenvalue weighted by molar-refractivity contribution is -0.124. The Labute approximate surface area is 179 Å². The van der Waals surface area contributed by atoms with E-state index in [1.165, 1.54) is 18.5 Å². The third kappa shape index (κ3) is 7.92. The molecular formula is C22H24N2O7. The smallest absolute Gasteiger partial charge is 0.412 e. The lowest BCUT2D eigenvalue weighted by Gasteiger charge is -2.18. The predicted molar refractivity (Wildman–Crippen MR) is 112 cm³/mol. The lowest BCUT2D eigenvalue weighted by atomic mass is 10.1. The minimum atomic E-state index is -0.730. The third-order valence-electron chi connectivity index (χ3n) is 4.13. The fourth-order valence-corrected chi connectivity index (χ4v) is 2.60. The Morgan fingerprint density at radius 1 is 1.06 bits per heavy atom.